The average molecular weight is 357 g/mol. The number of carbonyl (C=O) groups excluding carboxylic acids is 1. The number of carbonyl (C=O) groups is 1. The normalized spacial score (nSPS) is 11.8. The number of amides is 1. The van der Waals surface area contributed by atoms with Crippen molar-refractivity contribution in [2.75, 3.05) is 6.54 Å². The van der Waals surface area contributed by atoms with Crippen molar-refractivity contribution in [3.8, 4) is 0 Å². The summed E-state index contributed by atoms with van der Waals surface area (Å²) in [5.74, 6) is 0.0506. The third kappa shape index (κ3) is 3.95. The minimum atomic E-state index is -0.454. The summed E-state index contributed by atoms with van der Waals surface area (Å²) in [6, 6.07) is 31.3. The molecular formula is C25H27NO. The Morgan fingerprint density at radius 1 is 0.667 bits per heavy atom. The monoisotopic (exact) mass is 357 g/mol. The first kappa shape index (κ1) is 18.9. The fourth-order valence-corrected chi connectivity index (χ4v) is 3.45. The minimum Gasteiger partial charge on any atom is -0.354 e. The van der Waals surface area contributed by atoms with E-state index in [-0.39, 0.29) is 5.91 Å². The molecule has 0 aliphatic carbocycles. The Morgan fingerprint density at radius 2 is 1.00 bits per heavy atom. The number of rotatable bonds is 5. The van der Waals surface area contributed by atoms with E-state index in [2.05, 4.69) is 78.1 Å². The SMILES string of the molecule is CC(C)(C)C(=O)NCC(c1ccccc1)(c1ccccc1)c1ccccc1. The zero-order chi connectivity index (χ0) is 19.3. The van der Waals surface area contributed by atoms with Gasteiger partial charge in [-0.25, -0.2) is 0 Å². The van der Waals surface area contributed by atoms with Crippen LogP contribution in [0.4, 0.5) is 0 Å². The van der Waals surface area contributed by atoms with E-state index in [0.29, 0.717) is 6.54 Å². The summed E-state index contributed by atoms with van der Waals surface area (Å²) in [6.45, 7) is 6.33. The van der Waals surface area contributed by atoms with Crippen LogP contribution in [0, 0.1) is 5.41 Å². The van der Waals surface area contributed by atoms with Gasteiger partial charge < -0.3 is 5.32 Å². The Morgan fingerprint density at radius 3 is 1.30 bits per heavy atom. The quantitative estimate of drug-likeness (QED) is 0.626. The molecule has 0 aliphatic heterocycles. The molecule has 3 rings (SSSR count). The highest BCUT2D eigenvalue weighted by Crippen LogP contribution is 2.38. The van der Waals surface area contributed by atoms with Gasteiger partial charge in [-0.15, -0.1) is 0 Å². The molecule has 3 aromatic rings. The summed E-state index contributed by atoms with van der Waals surface area (Å²) in [4.78, 5) is 12.7. The molecule has 0 atom stereocenters. The summed E-state index contributed by atoms with van der Waals surface area (Å²) in [6.07, 6.45) is 0. The summed E-state index contributed by atoms with van der Waals surface area (Å²) in [5.41, 5.74) is 2.60. The van der Waals surface area contributed by atoms with Gasteiger partial charge in [-0.1, -0.05) is 112 Å². The van der Waals surface area contributed by atoms with E-state index in [4.69, 9.17) is 0 Å². The fourth-order valence-electron chi connectivity index (χ4n) is 3.45. The summed E-state index contributed by atoms with van der Waals surface area (Å²) < 4.78 is 0. The minimum absolute atomic E-state index is 0.0506. The van der Waals surface area contributed by atoms with E-state index in [9.17, 15) is 4.79 Å². The largest absolute Gasteiger partial charge is 0.354 e. The van der Waals surface area contributed by atoms with Crippen LogP contribution in [0.2, 0.25) is 0 Å². The summed E-state index contributed by atoms with van der Waals surface area (Å²) in [5, 5.41) is 3.22. The second kappa shape index (κ2) is 7.79. The summed E-state index contributed by atoms with van der Waals surface area (Å²) >= 11 is 0. The predicted molar refractivity (Wildman–Crippen MR) is 112 cm³/mol. The van der Waals surface area contributed by atoms with E-state index >= 15 is 0 Å². The van der Waals surface area contributed by atoms with E-state index < -0.39 is 10.8 Å². The molecule has 0 aliphatic rings. The van der Waals surface area contributed by atoms with Crippen LogP contribution in [0.25, 0.3) is 0 Å². The van der Waals surface area contributed by atoms with Crippen LogP contribution in [0.15, 0.2) is 91.0 Å². The molecule has 0 aromatic heterocycles. The average Bonchev–Trinajstić information content (AvgIpc) is 2.70. The van der Waals surface area contributed by atoms with Crippen LogP contribution >= 0.6 is 0 Å². The van der Waals surface area contributed by atoms with Crippen molar-refractivity contribution in [3.63, 3.8) is 0 Å². The molecule has 1 N–H and O–H groups in total. The fraction of sp³-hybridized carbons (Fsp3) is 0.240. The molecule has 3 aromatic carbocycles. The van der Waals surface area contributed by atoms with E-state index in [1.807, 2.05) is 39.0 Å². The third-order valence-electron chi connectivity index (χ3n) is 5.00. The molecule has 2 heteroatoms. The molecule has 27 heavy (non-hydrogen) atoms. The maximum absolute atomic E-state index is 12.7. The lowest BCUT2D eigenvalue weighted by Crippen LogP contribution is -2.45. The van der Waals surface area contributed by atoms with Crippen LogP contribution in [0.1, 0.15) is 37.5 Å². The molecule has 138 valence electrons. The third-order valence-corrected chi connectivity index (χ3v) is 5.00. The standard InChI is InChI=1S/C25H27NO/c1-24(2,3)23(27)26-19-25(20-13-7-4-8-14-20,21-15-9-5-10-16-21)22-17-11-6-12-18-22/h4-18H,19H2,1-3H3,(H,26,27). The molecule has 0 radical (unpaired) electrons. The predicted octanol–water partition coefficient (Wildman–Crippen LogP) is 5.18. The maximum Gasteiger partial charge on any atom is 0.225 e. The van der Waals surface area contributed by atoms with Gasteiger partial charge in [0.15, 0.2) is 0 Å². The molecule has 0 heterocycles. The van der Waals surface area contributed by atoms with E-state index in [0.717, 1.165) is 16.7 Å². The van der Waals surface area contributed by atoms with E-state index in [1.165, 1.54) is 0 Å². The molecule has 0 fully saturated rings. The van der Waals surface area contributed by atoms with Crippen LogP contribution in [-0.4, -0.2) is 12.5 Å². The van der Waals surface area contributed by atoms with E-state index in [1.54, 1.807) is 0 Å². The molecule has 0 spiro atoms. The molecular weight excluding hydrogens is 330 g/mol. The van der Waals surface area contributed by atoms with Crippen LogP contribution < -0.4 is 5.32 Å². The van der Waals surface area contributed by atoms with Gasteiger partial charge in [0.25, 0.3) is 0 Å². The highest BCUT2D eigenvalue weighted by Gasteiger charge is 2.37. The first-order chi connectivity index (χ1) is 12.9. The van der Waals surface area contributed by atoms with Crippen molar-refractivity contribution < 1.29 is 4.79 Å². The Kier molecular flexibility index (Phi) is 5.46. The molecule has 0 unspecified atom stereocenters. The first-order valence-electron chi connectivity index (χ1n) is 9.39. The number of nitrogens with one attached hydrogen (secondary N) is 1. The van der Waals surface area contributed by atoms with Crippen molar-refractivity contribution in [1.82, 2.24) is 5.32 Å². The Labute approximate surface area is 162 Å². The van der Waals surface area contributed by atoms with Gasteiger partial charge >= 0.3 is 0 Å². The lowest BCUT2D eigenvalue weighted by Gasteiger charge is -2.37. The van der Waals surface area contributed by atoms with Gasteiger partial charge in [0, 0.05) is 12.0 Å². The van der Waals surface area contributed by atoms with Crippen LogP contribution in [0.3, 0.4) is 0 Å². The highest BCUT2D eigenvalue weighted by atomic mass is 16.2. The zero-order valence-corrected chi connectivity index (χ0v) is 16.3. The van der Waals surface area contributed by atoms with Crippen LogP contribution in [0.5, 0.6) is 0 Å². The van der Waals surface area contributed by atoms with Crippen molar-refractivity contribution in [3.05, 3.63) is 108 Å². The molecule has 0 saturated heterocycles. The molecule has 0 bridgehead atoms. The maximum atomic E-state index is 12.7. The van der Waals surface area contributed by atoms with Crippen molar-refractivity contribution in [1.29, 1.82) is 0 Å². The van der Waals surface area contributed by atoms with Gasteiger partial charge in [0.2, 0.25) is 5.91 Å². The molecule has 0 saturated carbocycles. The Bertz CT molecular complexity index is 768. The van der Waals surface area contributed by atoms with Crippen molar-refractivity contribution in [2.45, 2.75) is 26.2 Å². The molecule has 2 nitrogen and oxygen atoms in total. The second-order valence-corrected chi connectivity index (χ2v) is 7.94. The first-order valence-corrected chi connectivity index (χ1v) is 9.39. The Hall–Kier alpha value is -2.87. The molecule has 1 amide bonds. The lowest BCUT2D eigenvalue weighted by molar-refractivity contribution is -0.128. The number of hydrogen-bond acceptors (Lipinski definition) is 1. The van der Waals surface area contributed by atoms with Gasteiger partial charge in [0.1, 0.15) is 0 Å². The van der Waals surface area contributed by atoms with Gasteiger partial charge in [-0.2, -0.15) is 0 Å². The van der Waals surface area contributed by atoms with Gasteiger partial charge in [-0.05, 0) is 16.7 Å². The zero-order valence-electron chi connectivity index (χ0n) is 16.3. The number of benzene rings is 3. The Balaban J connectivity index is 2.18. The number of hydrogen-bond donors (Lipinski definition) is 1. The van der Waals surface area contributed by atoms with Crippen LogP contribution in [-0.2, 0) is 10.2 Å². The topological polar surface area (TPSA) is 29.1 Å². The van der Waals surface area contributed by atoms with Gasteiger partial charge in [-0.3, -0.25) is 4.79 Å². The summed E-state index contributed by atoms with van der Waals surface area (Å²) in [7, 11) is 0. The van der Waals surface area contributed by atoms with Crippen molar-refractivity contribution in [2.24, 2.45) is 5.41 Å². The highest BCUT2D eigenvalue weighted by molar-refractivity contribution is 5.81. The lowest BCUT2D eigenvalue weighted by atomic mass is 9.69. The van der Waals surface area contributed by atoms with Gasteiger partial charge in [0.05, 0.1) is 5.41 Å². The van der Waals surface area contributed by atoms with Crippen molar-refractivity contribution >= 4 is 5.91 Å². The smallest absolute Gasteiger partial charge is 0.225 e. The second-order valence-electron chi connectivity index (χ2n) is 7.94.